The van der Waals surface area contributed by atoms with Crippen LogP contribution in [0.1, 0.15) is 15.9 Å². The van der Waals surface area contributed by atoms with Gasteiger partial charge in [0.15, 0.2) is 11.5 Å². The summed E-state index contributed by atoms with van der Waals surface area (Å²) in [6, 6.07) is 14.1. The summed E-state index contributed by atoms with van der Waals surface area (Å²) in [6.07, 6.45) is 0. The summed E-state index contributed by atoms with van der Waals surface area (Å²) in [6.45, 7) is 0. The minimum atomic E-state index is -4.47. The second-order valence-corrected chi connectivity index (χ2v) is 5.06. The summed E-state index contributed by atoms with van der Waals surface area (Å²) in [5.41, 5.74) is 8.61. The summed E-state index contributed by atoms with van der Waals surface area (Å²) in [5.74, 6) is -0.596. The summed E-state index contributed by atoms with van der Waals surface area (Å²) in [4.78, 5) is 14.5. The molecular weight excluding hydrogens is 294 g/mol. The van der Waals surface area contributed by atoms with Crippen LogP contribution in [0.3, 0.4) is 0 Å². The minimum absolute atomic E-state index is 0.0559. The fourth-order valence-corrected chi connectivity index (χ4v) is 2.14. The molecule has 21 heavy (non-hydrogen) atoms. The lowest BCUT2D eigenvalue weighted by Gasteiger charge is -2.08. The number of hydrogen-bond donors (Lipinski definition) is 0. The molecule has 2 rings (SSSR count). The maximum Gasteiger partial charge on any atom is 0.403 e. The fourth-order valence-electron chi connectivity index (χ4n) is 1.65. The van der Waals surface area contributed by atoms with Gasteiger partial charge in [0, 0.05) is 10.5 Å². The van der Waals surface area contributed by atoms with Gasteiger partial charge in [0.2, 0.25) is 0 Å². The molecule has 0 spiro atoms. The van der Waals surface area contributed by atoms with E-state index in [1.165, 1.54) is 18.2 Å². The van der Waals surface area contributed by atoms with Gasteiger partial charge in [-0.3, -0.25) is 4.79 Å². The summed E-state index contributed by atoms with van der Waals surface area (Å²) >= 11 is 0. The number of carbonyl (C=O) groups excluding carboxylic acids is 1. The van der Waals surface area contributed by atoms with Crippen molar-refractivity contribution in [3.63, 3.8) is 0 Å². The highest BCUT2D eigenvalue weighted by Crippen LogP contribution is 2.23. The number of ketones is 1. The molecule has 0 aliphatic rings. The lowest BCUT2D eigenvalue weighted by Crippen LogP contribution is -2.09. The van der Waals surface area contributed by atoms with Crippen LogP contribution in [-0.2, 0) is 10.3 Å². The number of rotatable bonds is 5. The second kappa shape index (κ2) is 6.08. The SMILES string of the molecule is [N-]=[N+]=NS(=O)(=O)Oc1ccccc1C(=O)c1ccccc1. The largest absolute Gasteiger partial charge is 0.403 e. The van der Waals surface area contributed by atoms with Crippen LogP contribution in [0, 0.1) is 0 Å². The molecule has 0 bridgehead atoms. The molecule has 0 fully saturated rings. The Kier molecular flexibility index (Phi) is 4.22. The highest BCUT2D eigenvalue weighted by atomic mass is 32.2. The van der Waals surface area contributed by atoms with Gasteiger partial charge in [0.05, 0.1) is 10.1 Å². The number of azide groups is 1. The molecule has 0 unspecified atom stereocenters. The van der Waals surface area contributed by atoms with E-state index in [1.807, 2.05) is 0 Å². The van der Waals surface area contributed by atoms with E-state index in [9.17, 15) is 13.2 Å². The molecule has 0 amide bonds. The van der Waals surface area contributed by atoms with E-state index in [4.69, 9.17) is 5.53 Å². The first-order valence-electron chi connectivity index (χ1n) is 5.73. The van der Waals surface area contributed by atoms with Crippen LogP contribution < -0.4 is 4.18 Å². The molecule has 0 heterocycles. The molecule has 0 radical (unpaired) electrons. The Morgan fingerprint density at radius 3 is 2.33 bits per heavy atom. The Morgan fingerprint density at radius 2 is 1.67 bits per heavy atom. The van der Waals surface area contributed by atoms with Gasteiger partial charge in [-0.15, -0.1) is 0 Å². The minimum Gasteiger partial charge on any atom is -0.376 e. The van der Waals surface area contributed by atoms with Gasteiger partial charge in [0.25, 0.3) is 0 Å². The lowest BCUT2D eigenvalue weighted by molar-refractivity contribution is 0.103. The van der Waals surface area contributed by atoms with Gasteiger partial charge in [-0.2, -0.15) is 8.42 Å². The van der Waals surface area contributed by atoms with Crippen LogP contribution in [0.5, 0.6) is 5.75 Å². The smallest absolute Gasteiger partial charge is 0.376 e. The van der Waals surface area contributed by atoms with E-state index < -0.39 is 16.1 Å². The number of hydrogen-bond acceptors (Lipinski definition) is 4. The van der Waals surface area contributed by atoms with Crippen LogP contribution in [-0.4, -0.2) is 14.2 Å². The molecule has 7 nitrogen and oxygen atoms in total. The fraction of sp³-hybridized carbons (Fsp3) is 0. The van der Waals surface area contributed by atoms with Crippen LogP contribution in [0.4, 0.5) is 0 Å². The Balaban J connectivity index is 2.43. The van der Waals surface area contributed by atoms with Crippen molar-refractivity contribution >= 4 is 16.1 Å². The molecule has 0 aliphatic carbocycles. The van der Waals surface area contributed by atoms with Gasteiger partial charge in [0.1, 0.15) is 0 Å². The molecule has 2 aromatic carbocycles. The van der Waals surface area contributed by atoms with Crippen molar-refractivity contribution in [3.8, 4) is 5.75 Å². The summed E-state index contributed by atoms with van der Waals surface area (Å²) < 4.78 is 29.9. The third-order valence-electron chi connectivity index (χ3n) is 2.50. The topological polar surface area (TPSA) is 109 Å². The third-order valence-corrected chi connectivity index (χ3v) is 3.16. The zero-order valence-corrected chi connectivity index (χ0v) is 11.4. The van der Waals surface area contributed by atoms with Crippen molar-refractivity contribution in [1.29, 1.82) is 0 Å². The van der Waals surface area contributed by atoms with Crippen molar-refractivity contribution in [1.82, 2.24) is 0 Å². The maximum atomic E-state index is 12.3. The number of carbonyl (C=O) groups is 1. The van der Waals surface area contributed by atoms with Gasteiger partial charge in [-0.25, -0.2) is 0 Å². The zero-order valence-electron chi connectivity index (χ0n) is 10.6. The normalized spacial score (nSPS) is 10.5. The Bertz CT molecular complexity index is 812. The molecule has 0 saturated carbocycles. The van der Waals surface area contributed by atoms with E-state index in [0.29, 0.717) is 5.56 Å². The van der Waals surface area contributed by atoms with Crippen molar-refractivity contribution < 1.29 is 17.4 Å². The first-order chi connectivity index (χ1) is 10.0. The summed E-state index contributed by atoms with van der Waals surface area (Å²) in [7, 11) is -4.47. The number of nitrogens with zero attached hydrogens (tertiary/aromatic N) is 3. The third kappa shape index (κ3) is 3.59. The van der Waals surface area contributed by atoms with Gasteiger partial charge in [-0.1, -0.05) is 42.5 Å². The van der Waals surface area contributed by atoms with Crippen LogP contribution in [0.25, 0.3) is 10.4 Å². The molecule has 106 valence electrons. The van der Waals surface area contributed by atoms with E-state index in [1.54, 1.807) is 36.4 Å². The zero-order chi connectivity index (χ0) is 15.3. The maximum absolute atomic E-state index is 12.3. The first-order valence-corrected chi connectivity index (χ1v) is 7.09. The van der Waals surface area contributed by atoms with E-state index in [2.05, 4.69) is 13.6 Å². The molecule has 0 aliphatic heterocycles. The highest BCUT2D eigenvalue weighted by Gasteiger charge is 2.18. The highest BCUT2D eigenvalue weighted by molar-refractivity contribution is 7.85. The molecule has 0 atom stereocenters. The first kappa shape index (κ1) is 14.6. The Hall–Kier alpha value is -2.83. The standard InChI is InChI=1S/C13H9N3O4S/c14-15-16-21(18,19)20-12-9-5-4-8-11(12)13(17)10-6-2-1-3-7-10/h1-9H. The molecule has 0 N–H and O–H groups in total. The predicted octanol–water partition coefficient (Wildman–Crippen LogP) is 2.85. The lowest BCUT2D eigenvalue weighted by atomic mass is 10.0. The number of benzene rings is 2. The van der Waals surface area contributed by atoms with E-state index in [0.717, 1.165) is 0 Å². The monoisotopic (exact) mass is 303 g/mol. The van der Waals surface area contributed by atoms with Crippen molar-refractivity contribution in [2.24, 2.45) is 4.52 Å². The average molecular weight is 303 g/mol. The molecule has 8 heteroatoms. The van der Waals surface area contributed by atoms with E-state index in [-0.39, 0.29) is 11.3 Å². The number of para-hydroxylation sites is 1. The van der Waals surface area contributed by atoms with Gasteiger partial charge < -0.3 is 4.18 Å². The van der Waals surface area contributed by atoms with E-state index >= 15 is 0 Å². The van der Waals surface area contributed by atoms with Crippen LogP contribution in [0.15, 0.2) is 59.1 Å². The average Bonchev–Trinajstić information content (AvgIpc) is 2.47. The van der Waals surface area contributed by atoms with Crippen molar-refractivity contribution in [2.75, 3.05) is 0 Å². The predicted molar refractivity (Wildman–Crippen MR) is 75.0 cm³/mol. The Labute approximate surface area is 120 Å². The van der Waals surface area contributed by atoms with Crippen molar-refractivity contribution in [3.05, 3.63) is 76.2 Å². The second-order valence-electron chi connectivity index (χ2n) is 3.87. The summed E-state index contributed by atoms with van der Waals surface area (Å²) in [5, 5.41) is 0. The Morgan fingerprint density at radius 1 is 1.05 bits per heavy atom. The van der Waals surface area contributed by atoms with Crippen molar-refractivity contribution in [2.45, 2.75) is 0 Å². The molecule has 0 aromatic heterocycles. The molecule has 0 saturated heterocycles. The quantitative estimate of drug-likeness (QED) is 0.366. The van der Waals surface area contributed by atoms with Gasteiger partial charge in [-0.05, 0) is 17.7 Å². The molecule has 2 aromatic rings. The molecular formula is C13H9N3O4S. The van der Waals surface area contributed by atoms with Crippen LogP contribution in [0.2, 0.25) is 0 Å². The van der Waals surface area contributed by atoms with Gasteiger partial charge >= 0.3 is 10.3 Å². The van der Waals surface area contributed by atoms with Crippen LogP contribution >= 0.6 is 0 Å².